The van der Waals surface area contributed by atoms with Crippen molar-refractivity contribution < 1.29 is 9.90 Å². The van der Waals surface area contributed by atoms with Crippen LogP contribution in [0.1, 0.15) is 47.2 Å². The van der Waals surface area contributed by atoms with E-state index in [-0.39, 0.29) is 23.6 Å². The lowest BCUT2D eigenvalue weighted by atomic mass is 9.93. The Labute approximate surface area is 179 Å². The quantitative estimate of drug-likeness (QED) is 0.601. The molecule has 0 aliphatic heterocycles. The van der Waals surface area contributed by atoms with Crippen molar-refractivity contribution in [2.24, 2.45) is 0 Å². The molecule has 0 saturated heterocycles. The highest BCUT2D eigenvalue weighted by Crippen LogP contribution is 2.22. The fraction of sp³-hybridized carbons (Fsp3) is 0.304. The van der Waals surface area contributed by atoms with E-state index in [1.807, 2.05) is 6.92 Å². The summed E-state index contributed by atoms with van der Waals surface area (Å²) in [6.07, 6.45) is 5.68. The van der Waals surface area contributed by atoms with Gasteiger partial charge in [0, 0.05) is 18.4 Å². The van der Waals surface area contributed by atoms with Crippen LogP contribution in [0, 0.1) is 18.3 Å². The molecule has 0 spiro atoms. The van der Waals surface area contributed by atoms with Crippen LogP contribution >= 0.6 is 0 Å². The Balaban J connectivity index is 1.52. The highest BCUT2D eigenvalue weighted by Gasteiger charge is 2.21. The smallest absolute Gasteiger partial charge is 0.280 e. The van der Waals surface area contributed by atoms with Crippen molar-refractivity contribution in [3.05, 3.63) is 69.8 Å². The van der Waals surface area contributed by atoms with Gasteiger partial charge in [0.2, 0.25) is 0 Å². The molecule has 3 N–H and O–H groups in total. The lowest BCUT2D eigenvalue weighted by molar-refractivity contribution is 0.0867. The summed E-state index contributed by atoms with van der Waals surface area (Å²) in [6, 6.07) is 10.6. The van der Waals surface area contributed by atoms with Crippen molar-refractivity contribution >= 4 is 5.91 Å². The monoisotopic (exact) mass is 417 g/mol. The molecule has 1 saturated carbocycles. The predicted octanol–water partition coefficient (Wildman–Crippen LogP) is 2.44. The molecule has 0 unspecified atom stereocenters. The molecule has 0 atom stereocenters. The van der Waals surface area contributed by atoms with Crippen LogP contribution in [0.25, 0.3) is 16.9 Å². The molecule has 8 heteroatoms. The van der Waals surface area contributed by atoms with Crippen LogP contribution in [-0.4, -0.2) is 37.9 Å². The maximum atomic E-state index is 12.9. The summed E-state index contributed by atoms with van der Waals surface area (Å²) in [6.45, 7) is 1.85. The highest BCUT2D eigenvalue weighted by atomic mass is 16.3. The van der Waals surface area contributed by atoms with E-state index in [0.717, 1.165) is 24.0 Å². The maximum absolute atomic E-state index is 12.9. The number of aryl methyl sites for hydroxylation is 1. The third-order valence-corrected chi connectivity index (χ3v) is 5.69. The third-order valence-electron chi connectivity index (χ3n) is 5.69. The molecule has 4 rings (SSSR count). The molecule has 1 fully saturated rings. The lowest BCUT2D eigenvalue weighted by Crippen LogP contribution is -2.38. The Kier molecular flexibility index (Phi) is 5.69. The average molecular weight is 417 g/mol. The number of aromatic amines is 1. The molecule has 31 heavy (non-hydrogen) atoms. The van der Waals surface area contributed by atoms with E-state index in [1.54, 1.807) is 36.5 Å². The second kappa shape index (κ2) is 8.58. The van der Waals surface area contributed by atoms with Crippen molar-refractivity contribution in [3.8, 4) is 23.0 Å². The first-order valence-corrected chi connectivity index (χ1v) is 10.2. The zero-order valence-corrected chi connectivity index (χ0v) is 17.1. The van der Waals surface area contributed by atoms with Crippen LogP contribution in [0.3, 0.4) is 0 Å². The Hall–Kier alpha value is -3.70. The molecule has 2 aromatic heterocycles. The van der Waals surface area contributed by atoms with Crippen molar-refractivity contribution in [1.82, 2.24) is 20.1 Å². The molecule has 1 aromatic carbocycles. The van der Waals surface area contributed by atoms with E-state index in [2.05, 4.69) is 21.5 Å². The molecule has 2 heterocycles. The number of amides is 1. The Morgan fingerprint density at radius 2 is 2.00 bits per heavy atom. The van der Waals surface area contributed by atoms with E-state index in [0.29, 0.717) is 35.3 Å². The largest absolute Gasteiger partial charge is 0.393 e. The van der Waals surface area contributed by atoms with Crippen molar-refractivity contribution in [3.63, 3.8) is 0 Å². The van der Waals surface area contributed by atoms with Crippen LogP contribution in [0.15, 0.2) is 47.5 Å². The van der Waals surface area contributed by atoms with Gasteiger partial charge >= 0.3 is 0 Å². The zero-order chi connectivity index (χ0) is 22.0. The molecule has 0 bridgehead atoms. The average Bonchev–Trinajstić information content (AvgIpc) is 3.16. The van der Waals surface area contributed by atoms with Gasteiger partial charge in [0.1, 0.15) is 0 Å². The molecule has 1 aliphatic rings. The summed E-state index contributed by atoms with van der Waals surface area (Å²) < 4.78 is 1.32. The molecular weight excluding hydrogens is 394 g/mol. The first-order valence-electron chi connectivity index (χ1n) is 10.2. The molecular formula is C23H23N5O3. The molecule has 8 nitrogen and oxygen atoms in total. The number of carbonyl (C=O) groups is 1. The van der Waals surface area contributed by atoms with Crippen LogP contribution in [0.5, 0.6) is 0 Å². The van der Waals surface area contributed by atoms with Gasteiger partial charge in [0.25, 0.3) is 11.5 Å². The Bertz CT molecular complexity index is 1200. The van der Waals surface area contributed by atoms with Crippen LogP contribution < -0.4 is 10.9 Å². The van der Waals surface area contributed by atoms with E-state index in [4.69, 9.17) is 5.26 Å². The summed E-state index contributed by atoms with van der Waals surface area (Å²) in [5.74, 6) is 0.160. The number of benzene rings is 1. The summed E-state index contributed by atoms with van der Waals surface area (Å²) in [7, 11) is 0. The third kappa shape index (κ3) is 4.27. The number of hydrogen-bond donors (Lipinski definition) is 3. The van der Waals surface area contributed by atoms with Crippen LogP contribution in [0.2, 0.25) is 0 Å². The van der Waals surface area contributed by atoms with E-state index in [1.165, 1.54) is 10.9 Å². The van der Waals surface area contributed by atoms with Crippen molar-refractivity contribution in [2.45, 2.75) is 44.8 Å². The Morgan fingerprint density at radius 3 is 2.65 bits per heavy atom. The second-order valence-corrected chi connectivity index (χ2v) is 7.85. The van der Waals surface area contributed by atoms with Gasteiger partial charge in [0.15, 0.2) is 5.82 Å². The van der Waals surface area contributed by atoms with Crippen molar-refractivity contribution in [1.29, 1.82) is 5.26 Å². The minimum absolute atomic E-state index is 0.0554. The first kappa shape index (κ1) is 20.6. The number of aromatic nitrogens is 3. The molecule has 3 aromatic rings. The van der Waals surface area contributed by atoms with Gasteiger partial charge < -0.3 is 10.4 Å². The number of pyridine rings is 1. The van der Waals surface area contributed by atoms with Crippen LogP contribution in [0.4, 0.5) is 0 Å². The fourth-order valence-corrected chi connectivity index (χ4v) is 3.91. The van der Waals surface area contributed by atoms with Gasteiger partial charge in [-0.3, -0.25) is 14.7 Å². The minimum Gasteiger partial charge on any atom is -0.393 e. The highest BCUT2D eigenvalue weighted by molar-refractivity contribution is 5.94. The minimum atomic E-state index is -0.272. The lowest BCUT2D eigenvalue weighted by Gasteiger charge is -2.26. The normalized spacial score (nSPS) is 18.4. The molecule has 158 valence electrons. The number of nitrogens with zero attached hydrogens (tertiary/aromatic N) is 3. The van der Waals surface area contributed by atoms with Gasteiger partial charge in [-0.05, 0) is 68.0 Å². The number of aliphatic hydroxyl groups is 1. The topological polar surface area (TPSA) is 124 Å². The summed E-state index contributed by atoms with van der Waals surface area (Å²) in [5.41, 5.74) is 2.74. The summed E-state index contributed by atoms with van der Waals surface area (Å²) in [4.78, 5) is 29.7. The van der Waals surface area contributed by atoms with E-state index >= 15 is 0 Å². The SMILES string of the molecule is Cc1cc(C#N)ccc1-c1c[nH]n(-c2ccc(C(=O)NC3CCC(O)CC3)cn2)c1=O. The Morgan fingerprint density at radius 1 is 1.23 bits per heavy atom. The molecule has 0 radical (unpaired) electrons. The van der Waals surface area contributed by atoms with Gasteiger partial charge in [-0.1, -0.05) is 6.07 Å². The van der Waals surface area contributed by atoms with Gasteiger partial charge in [-0.25, -0.2) is 9.67 Å². The maximum Gasteiger partial charge on any atom is 0.280 e. The van der Waals surface area contributed by atoms with Crippen LogP contribution in [-0.2, 0) is 0 Å². The second-order valence-electron chi connectivity index (χ2n) is 7.85. The zero-order valence-electron chi connectivity index (χ0n) is 17.1. The standard InChI is InChI=1S/C23H23N5O3/c1-14-10-15(11-24)2-8-19(14)20-13-26-28(23(20)31)21-9-3-16(12-25-21)22(30)27-17-4-6-18(29)7-5-17/h2-3,8-10,12-13,17-18,26,29H,4-7H2,1H3,(H,27,30). The number of aliphatic hydroxyl groups excluding tert-OH is 1. The fourth-order valence-electron chi connectivity index (χ4n) is 3.91. The predicted molar refractivity (Wildman–Crippen MR) is 115 cm³/mol. The summed E-state index contributed by atoms with van der Waals surface area (Å²) in [5, 5.41) is 24.5. The number of rotatable bonds is 4. The van der Waals surface area contributed by atoms with Gasteiger partial charge in [0.05, 0.1) is 28.9 Å². The molecule has 1 aliphatic carbocycles. The first-order chi connectivity index (χ1) is 15.0. The number of nitrogens with one attached hydrogen (secondary N) is 2. The summed E-state index contributed by atoms with van der Waals surface area (Å²) >= 11 is 0. The van der Waals surface area contributed by atoms with E-state index in [9.17, 15) is 14.7 Å². The molecule has 1 amide bonds. The number of carbonyl (C=O) groups excluding carboxylic acids is 1. The van der Waals surface area contributed by atoms with Gasteiger partial charge in [-0.15, -0.1) is 0 Å². The van der Waals surface area contributed by atoms with Crippen molar-refractivity contribution in [2.75, 3.05) is 0 Å². The number of nitriles is 1. The number of H-pyrrole nitrogens is 1. The van der Waals surface area contributed by atoms with Gasteiger partial charge in [-0.2, -0.15) is 5.26 Å². The number of hydrogen-bond acceptors (Lipinski definition) is 5. The van der Waals surface area contributed by atoms with E-state index < -0.39 is 0 Å².